The minimum Gasteiger partial charge on any atom is -0.392 e. The maximum absolute atomic E-state index is 11.9. The molecule has 4 rings (SSSR count). The standard InChI is InChI=1S/C26H23N5O2/c1-2-22(26(28)33)30-25-20-10-11-29-14-23(20)31-24(21(25)13-27)18-8-6-17(7-9-18)19-5-3-4-16(12-19)15-32/h3-12,14,22,32H,2,15H2,1H3,(H2,28,33)(H,30,31)/t22-/m1/s1. The van der Waals surface area contributed by atoms with E-state index in [1.54, 1.807) is 18.5 Å². The number of nitrogens with two attached hydrogens (primary N) is 1. The number of fused-ring (bicyclic) bond motifs is 1. The monoisotopic (exact) mass is 437 g/mol. The van der Waals surface area contributed by atoms with E-state index in [2.05, 4.69) is 16.4 Å². The average molecular weight is 438 g/mol. The number of rotatable bonds is 7. The molecule has 2 aromatic carbocycles. The summed E-state index contributed by atoms with van der Waals surface area (Å²) in [4.78, 5) is 20.8. The number of aliphatic hydroxyl groups is 1. The van der Waals surface area contributed by atoms with Crippen LogP contribution < -0.4 is 11.1 Å². The second kappa shape index (κ2) is 9.47. The van der Waals surface area contributed by atoms with E-state index >= 15 is 0 Å². The Morgan fingerprint density at radius 3 is 2.58 bits per heavy atom. The van der Waals surface area contributed by atoms with Gasteiger partial charge < -0.3 is 16.2 Å². The van der Waals surface area contributed by atoms with Crippen LogP contribution in [0, 0.1) is 11.3 Å². The van der Waals surface area contributed by atoms with E-state index in [0.717, 1.165) is 22.3 Å². The molecule has 0 radical (unpaired) electrons. The van der Waals surface area contributed by atoms with Gasteiger partial charge in [-0.2, -0.15) is 5.26 Å². The number of anilines is 1. The average Bonchev–Trinajstić information content (AvgIpc) is 2.86. The fourth-order valence-corrected chi connectivity index (χ4v) is 3.80. The highest BCUT2D eigenvalue weighted by Gasteiger charge is 2.21. The lowest BCUT2D eigenvalue weighted by atomic mass is 9.98. The van der Waals surface area contributed by atoms with Gasteiger partial charge in [-0.15, -0.1) is 0 Å². The number of hydrogen-bond donors (Lipinski definition) is 3. The number of nitrogens with zero attached hydrogens (tertiary/aromatic N) is 3. The third-order valence-electron chi connectivity index (χ3n) is 5.57. The van der Waals surface area contributed by atoms with Gasteiger partial charge in [0.25, 0.3) is 0 Å². The number of carbonyl (C=O) groups excluding carboxylic acids is 1. The second-order valence-corrected chi connectivity index (χ2v) is 7.66. The van der Waals surface area contributed by atoms with Crippen LogP contribution in [0.25, 0.3) is 33.3 Å². The van der Waals surface area contributed by atoms with Gasteiger partial charge in [-0.1, -0.05) is 49.4 Å². The summed E-state index contributed by atoms with van der Waals surface area (Å²) in [6.07, 6.45) is 3.73. The van der Waals surface area contributed by atoms with E-state index in [-0.39, 0.29) is 6.61 Å². The molecule has 4 N–H and O–H groups in total. The van der Waals surface area contributed by atoms with Crippen LogP contribution in [-0.4, -0.2) is 27.0 Å². The Bertz CT molecular complexity index is 1360. The molecular formula is C26H23N5O2. The van der Waals surface area contributed by atoms with E-state index in [1.807, 2.05) is 55.5 Å². The van der Waals surface area contributed by atoms with Gasteiger partial charge in [-0.05, 0) is 35.2 Å². The van der Waals surface area contributed by atoms with E-state index in [4.69, 9.17) is 10.7 Å². The number of nitriles is 1. The van der Waals surface area contributed by atoms with Crippen LogP contribution in [0.4, 0.5) is 5.69 Å². The van der Waals surface area contributed by atoms with E-state index in [9.17, 15) is 15.2 Å². The predicted molar refractivity (Wildman–Crippen MR) is 128 cm³/mol. The molecule has 0 saturated heterocycles. The number of nitrogens with one attached hydrogen (secondary N) is 1. The minimum absolute atomic E-state index is 0.0215. The van der Waals surface area contributed by atoms with Crippen LogP contribution >= 0.6 is 0 Å². The highest BCUT2D eigenvalue weighted by Crippen LogP contribution is 2.34. The molecule has 2 aromatic heterocycles. The smallest absolute Gasteiger partial charge is 0.239 e. The van der Waals surface area contributed by atoms with Crippen LogP contribution in [0.15, 0.2) is 67.0 Å². The molecule has 0 spiro atoms. The van der Waals surface area contributed by atoms with Crippen molar-refractivity contribution < 1.29 is 9.90 Å². The van der Waals surface area contributed by atoms with E-state index in [1.165, 1.54) is 0 Å². The number of benzene rings is 2. The molecule has 0 bridgehead atoms. The Kier molecular flexibility index (Phi) is 6.29. The Hall–Kier alpha value is -4.28. The third-order valence-corrected chi connectivity index (χ3v) is 5.57. The summed E-state index contributed by atoms with van der Waals surface area (Å²) in [5, 5.41) is 23.3. The van der Waals surface area contributed by atoms with E-state index < -0.39 is 11.9 Å². The van der Waals surface area contributed by atoms with Crippen molar-refractivity contribution in [1.29, 1.82) is 5.26 Å². The molecule has 2 heterocycles. The van der Waals surface area contributed by atoms with E-state index in [0.29, 0.717) is 34.3 Å². The molecule has 0 saturated carbocycles. The van der Waals surface area contributed by atoms with Gasteiger partial charge in [-0.25, -0.2) is 4.98 Å². The molecule has 0 aliphatic carbocycles. The zero-order valence-corrected chi connectivity index (χ0v) is 18.1. The van der Waals surface area contributed by atoms with Crippen molar-refractivity contribution in [3.8, 4) is 28.5 Å². The first-order chi connectivity index (χ1) is 16.0. The summed E-state index contributed by atoms with van der Waals surface area (Å²) in [6, 6.07) is 18.8. The lowest BCUT2D eigenvalue weighted by Gasteiger charge is -2.19. The highest BCUT2D eigenvalue weighted by molar-refractivity contribution is 5.99. The first-order valence-corrected chi connectivity index (χ1v) is 10.6. The maximum atomic E-state index is 11.9. The molecule has 0 aliphatic rings. The Balaban J connectivity index is 1.83. The molecule has 164 valence electrons. The number of hydrogen-bond acceptors (Lipinski definition) is 6. The normalized spacial score (nSPS) is 11.7. The molecule has 7 nitrogen and oxygen atoms in total. The molecule has 0 aliphatic heterocycles. The van der Waals surface area contributed by atoms with Crippen molar-refractivity contribution in [3.05, 3.63) is 78.1 Å². The molecule has 7 heteroatoms. The number of aliphatic hydroxyl groups excluding tert-OH is 1. The molecule has 33 heavy (non-hydrogen) atoms. The van der Waals surface area contributed by atoms with Crippen LogP contribution in [0.5, 0.6) is 0 Å². The van der Waals surface area contributed by atoms with Gasteiger partial charge in [0.15, 0.2) is 0 Å². The number of aromatic nitrogens is 2. The SMILES string of the molecule is CC[C@@H](Nc1c(C#N)c(-c2ccc(-c3cccc(CO)c3)cc2)nc2cnccc12)C(N)=O. The van der Waals surface area contributed by atoms with Gasteiger partial charge in [0.1, 0.15) is 17.7 Å². The van der Waals surface area contributed by atoms with Crippen LogP contribution in [0.1, 0.15) is 24.5 Å². The zero-order valence-electron chi connectivity index (χ0n) is 18.1. The van der Waals surface area contributed by atoms with Crippen molar-refractivity contribution in [3.63, 3.8) is 0 Å². The summed E-state index contributed by atoms with van der Waals surface area (Å²) in [7, 11) is 0. The number of pyridine rings is 2. The van der Waals surface area contributed by atoms with Gasteiger partial charge >= 0.3 is 0 Å². The molecule has 0 fully saturated rings. The number of primary amides is 1. The summed E-state index contributed by atoms with van der Waals surface area (Å²) in [6.45, 7) is 1.83. The van der Waals surface area contributed by atoms with Gasteiger partial charge in [0.05, 0.1) is 29.7 Å². The largest absolute Gasteiger partial charge is 0.392 e. The summed E-state index contributed by atoms with van der Waals surface area (Å²) in [5.41, 5.74) is 11.1. The zero-order chi connectivity index (χ0) is 23.4. The quantitative estimate of drug-likeness (QED) is 0.401. The third kappa shape index (κ3) is 4.38. The van der Waals surface area contributed by atoms with Crippen LogP contribution in [0.2, 0.25) is 0 Å². The molecule has 1 amide bonds. The van der Waals surface area contributed by atoms with Gasteiger partial charge in [-0.3, -0.25) is 9.78 Å². The fourth-order valence-electron chi connectivity index (χ4n) is 3.80. The second-order valence-electron chi connectivity index (χ2n) is 7.66. The predicted octanol–water partition coefficient (Wildman–Crippen LogP) is 4.00. The summed E-state index contributed by atoms with van der Waals surface area (Å²) >= 11 is 0. The summed E-state index contributed by atoms with van der Waals surface area (Å²) < 4.78 is 0. The van der Waals surface area contributed by atoms with Crippen molar-refractivity contribution in [1.82, 2.24) is 9.97 Å². The Morgan fingerprint density at radius 1 is 1.15 bits per heavy atom. The van der Waals surface area contributed by atoms with Gasteiger partial charge in [0, 0.05) is 17.1 Å². The highest BCUT2D eigenvalue weighted by atomic mass is 16.3. The van der Waals surface area contributed by atoms with Crippen molar-refractivity contribution in [2.75, 3.05) is 5.32 Å². The van der Waals surface area contributed by atoms with Crippen molar-refractivity contribution in [2.45, 2.75) is 26.0 Å². The fraction of sp³-hybridized carbons (Fsp3) is 0.154. The Morgan fingerprint density at radius 2 is 1.91 bits per heavy atom. The lowest BCUT2D eigenvalue weighted by molar-refractivity contribution is -0.118. The Labute approximate surface area is 191 Å². The molecule has 1 atom stereocenters. The topological polar surface area (TPSA) is 125 Å². The summed E-state index contributed by atoms with van der Waals surface area (Å²) in [5.74, 6) is -0.489. The van der Waals surface area contributed by atoms with Crippen molar-refractivity contribution in [2.24, 2.45) is 5.73 Å². The number of carbonyl (C=O) groups is 1. The maximum Gasteiger partial charge on any atom is 0.239 e. The first-order valence-electron chi connectivity index (χ1n) is 10.6. The minimum atomic E-state index is -0.620. The molecule has 0 unspecified atom stereocenters. The first kappa shape index (κ1) is 21.9. The molecule has 4 aromatic rings. The molecular weight excluding hydrogens is 414 g/mol. The number of amides is 1. The lowest BCUT2D eigenvalue weighted by Crippen LogP contribution is -2.35. The van der Waals surface area contributed by atoms with Crippen molar-refractivity contribution >= 4 is 22.5 Å². The van der Waals surface area contributed by atoms with Gasteiger partial charge in [0.2, 0.25) is 5.91 Å². The van der Waals surface area contributed by atoms with Crippen LogP contribution in [0.3, 0.4) is 0 Å². The van der Waals surface area contributed by atoms with Crippen LogP contribution in [-0.2, 0) is 11.4 Å².